The number of thiazole rings is 1. The number of aromatic nitrogens is 1. The zero-order valence-electron chi connectivity index (χ0n) is 15.6. The summed E-state index contributed by atoms with van der Waals surface area (Å²) < 4.78 is 19.2. The Bertz CT molecular complexity index is 922. The third-order valence-corrected chi connectivity index (χ3v) is 4.88. The van der Waals surface area contributed by atoms with Gasteiger partial charge < -0.3 is 15.1 Å². The summed E-state index contributed by atoms with van der Waals surface area (Å²) in [4.78, 5) is 9.05. The van der Waals surface area contributed by atoms with Crippen molar-refractivity contribution in [2.24, 2.45) is 4.99 Å². The van der Waals surface area contributed by atoms with Crippen LogP contribution < -0.4 is 10.6 Å². The third-order valence-electron chi connectivity index (χ3n) is 4.06. The molecule has 0 unspecified atom stereocenters. The Balaban J connectivity index is 0.00000261. The summed E-state index contributed by atoms with van der Waals surface area (Å²) in [5.41, 5.74) is 2.70. The van der Waals surface area contributed by atoms with Crippen LogP contribution in [0.4, 0.5) is 4.39 Å². The van der Waals surface area contributed by atoms with E-state index in [9.17, 15) is 4.39 Å². The summed E-state index contributed by atoms with van der Waals surface area (Å²) in [6.45, 7) is 7.88. The van der Waals surface area contributed by atoms with E-state index in [1.54, 1.807) is 17.4 Å². The monoisotopic (exact) mass is 502 g/mol. The van der Waals surface area contributed by atoms with E-state index in [1.165, 1.54) is 12.1 Å². The van der Waals surface area contributed by atoms with Crippen LogP contribution in [0.2, 0.25) is 0 Å². The molecule has 5 nitrogen and oxygen atoms in total. The number of rotatable bonds is 6. The molecule has 27 heavy (non-hydrogen) atoms. The van der Waals surface area contributed by atoms with Crippen LogP contribution in [0.1, 0.15) is 28.9 Å². The second kappa shape index (κ2) is 10.0. The highest BCUT2D eigenvalue weighted by atomic mass is 127. The normalized spacial score (nSPS) is 11.5. The molecule has 0 aliphatic heterocycles. The van der Waals surface area contributed by atoms with Gasteiger partial charge in [0.2, 0.25) is 0 Å². The Kier molecular flexibility index (Phi) is 8.03. The average Bonchev–Trinajstić information content (AvgIpc) is 3.16. The van der Waals surface area contributed by atoms with Crippen LogP contribution in [0.25, 0.3) is 11.0 Å². The lowest BCUT2D eigenvalue weighted by molar-refractivity contribution is 0.547. The summed E-state index contributed by atoms with van der Waals surface area (Å²) >= 11 is 1.66. The van der Waals surface area contributed by atoms with E-state index in [0.29, 0.717) is 12.1 Å². The van der Waals surface area contributed by atoms with Gasteiger partial charge in [-0.05, 0) is 39.0 Å². The summed E-state index contributed by atoms with van der Waals surface area (Å²) in [5.74, 6) is 1.21. The fraction of sp³-hybridized carbons (Fsp3) is 0.368. The zero-order chi connectivity index (χ0) is 18.5. The van der Waals surface area contributed by atoms with Crippen molar-refractivity contribution in [2.45, 2.75) is 33.7 Å². The Hall–Kier alpha value is -1.68. The van der Waals surface area contributed by atoms with Crippen molar-refractivity contribution in [1.82, 2.24) is 15.6 Å². The minimum atomic E-state index is -0.260. The molecule has 3 rings (SSSR count). The molecule has 0 spiro atoms. The first kappa shape index (κ1) is 21.6. The molecule has 2 heterocycles. The predicted molar refractivity (Wildman–Crippen MR) is 120 cm³/mol. The lowest BCUT2D eigenvalue weighted by Crippen LogP contribution is -2.38. The number of aryl methyl sites for hydroxylation is 2. The minimum absolute atomic E-state index is 0. The Morgan fingerprint density at radius 2 is 2.11 bits per heavy atom. The first-order valence-corrected chi connectivity index (χ1v) is 9.55. The number of guanidine groups is 1. The molecule has 0 saturated carbocycles. The number of fused-ring (bicyclic) bond motifs is 1. The molecular weight excluding hydrogens is 478 g/mol. The fourth-order valence-corrected chi connectivity index (χ4v) is 3.37. The van der Waals surface area contributed by atoms with Crippen molar-refractivity contribution in [3.63, 3.8) is 0 Å². The molecule has 8 heteroatoms. The second-order valence-corrected chi connectivity index (χ2v) is 7.08. The zero-order valence-corrected chi connectivity index (χ0v) is 18.8. The van der Waals surface area contributed by atoms with E-state index in [4.69, 9.17) is 4.42 Å². The number of hydrogen-bond donors (Lipinski definition) is 2. The molecule has 2 N–H and O–H groups in total. The van der Waals surface area contributed by atoms with Crippen LogP contribution >= 0.6 is 35.3 Å². The van der Waals surface area contributed by atoms with Crippen molar-refractivity contribution in [3.05, 3.63) is 51.4 Å². The van der Waals surface area contributed by atoms with Gasteiger partial charge in [0.25, 0.3) is 0 Å². The van der Waals surface area contributed by atoms with Gasteiger partial charge >= 0.3 is 0 Å². The highest BCUT2D eigenvalue weighted by Crippen LogP contribution is 2.26. The number of benzene rings is 1. The number of hydrogen-bond acceptors (Lipinski definition) is 4. The topological polar surface area (TPSA) is 62.5 Å². The molecule has 1 aromatic carbocycles. The van der Waals surface area contributed by atoms with Crippen molar-refractivity contribution < 1.29 is 8.81 Å². The molecule has 3 aromatic rings. The molecule has 0 amide bonds. The van der Waals surface area contributed by atoms with Crippen molar-refractivity contribution in [1.29, 1.82) is 0 Å². The lowest BCUT2D eigenvalue weighted by atomic mass is 10.1. The minimum Gasteiger partial charge on any atom is -0.459 e. The van der Waals surface area contributed by atoms with Crippen LogP contribution in [-0.4, -0.2) is 24.0 Å². The van der Waals surface area contributed by atoms with Crippen molar-refractivity contribution >= 4 is 52.2 Å². The highest BCUT2D eigenvalue weighted by Gasteiger charge is 2.11. The highest BCUT2D eigenvalue weighted by molar-refractivity contribution is 14.0. The molecule has 146 valence electrons. The second-order valence-electron chi connectivity index (χ2n) is 6.02. The van der Waals surface area contributed by atoms with Gasteiger partial charge in [-0.15, -0.1) is 35.3 Å². The Morgan fingerprint density at radius 1 is 1.30 bits per heavy atom. The number of nitrogens with one attached hydrogen (secondary N) is 2. The number of aliphatic imine (C=N–C) groups is 1. The van der Waals surface area contributed by atoms with Gasteiger partial charge in [0, 0.05) is 35.8 Å². The summed E-state index contributed by atoms with van der Waals surface area (Å²) in [7, 11) is 0. The summed E-state index contributed by atoms with van der Waals surface area (Å²) in [5, 5.41) is 10.5. The van der Waals surface area contributed by atoms with Gasteiger partial charge in [-0.25, -0.2) is 14.4 Å². The Labute approximate surface area is 179 Å². The Morgan fingerprint density at radius 3 is 2.81 bits per heavy atom. The third kappa shape index (κ3) is 5.65. The number of furan rings is 1. The number of nitrogens with zero attached hydrogens (tertiary/aromatic N) is 2. The van der Waals surface area contributed by atoms with E-state index >= 15 is 0 Å². The number of halogens is 2. The van der Waals surface area contributed by atoms with Crippen molar-refractivity contribution in [3.8, 4) is 0 Å². The standard InChI is InChI=1S/C19H23FN4OS.HI/c1-4-21-19(22-8-7-15-11-26-13(3)24-15)23-10-18-12(2)16-9-14(20)5-6-17(16)25-18;/h5-6,9,11H,4,7-8,10H2,1-3H3,(H2,21,22,23);1H. The molecule has 0 aliphatic carbocycles. The van der Waals surface area contributed by atoms with Gasteiger partial charge in [0.15, 0.2) is 5.96 Å². The van der Waals surface area contributed by atoms with Crippen LogP contribution in [-0.2, 0) is 13.0 Å². The van der Waals surface area contributed by atoms with Gasteiger partial charge in [-0.3, -0.25) is 0 Å². The maximum atomic E-state index is 13.4. The summed E-state index contributed by atoms with van der Waals surface area (Å²) in [6.07, 6.45) is 0.845. The van der Waals surface area contributed by atoms with E-state index in [0.717, 1.165) is 52.9 Å². The van der Waals surface area contributed by atoms with Gasteiger partial charge in [-0.1, -0.05) is 0 Å². The van der Waals surface area contributed by atoms with Crippen LogP contribution in [0.3, 0.4) is 0 Å². The maximum Gasteiger partial charge on any atom is 0.191 e. The molecule has 0 radical (unpaired) electrons. The van der Waals surface area contributed by atoms with Crippen LogP contribution in [0, 0.1) is 19.7 Å². The molecule has 2 aromatic heterocycles. The maximum absolute atomic E-state index is 13.4. The van der Waals surface area contributed by atoms with Crippen LogP contribution in [0.15, 0.2) is 33.0 Å². The lowest BCUT2D eigenvalue weighted by Gasteiger charge is -2.10. The molecule has 0 aliphatic rings. The summed E-state index contributed by atoms with van der Waals surface area (Å²) in [6, 6.07) is 4.56. The quantitative estimate of drug-likeness (QED) is 0.295. The van der Waals surface area contributed by atoms with Gasteiger partial charge in [0.1, 0.15) is 23.7 Å². The first-order valence-electron chi connectivity index (χ1n) is 8.67. The molecule has 0 saturated heterocycles. The SMILES string of the molecule is CCNC(=NCc1oc2ccc(F)cc2c1C)NCCc1csc(C)n1.I. The van der Waals surface area contributed by atoms with E-state index in [-0.39, 0.29) is 29.8 Å². The van der Waals surface area contributed by atoms with Gasteiger partial charge in [0.05, 0.1) is 10.7 Å². The van der Waals surface area contributed by atoms with Crippen LogP contribution in [0.5, 0.6) is 0 Å². The van der Waals surface area contributed by atoms with E-state index in [2.05, 4.69) is 26.0 Å². The predicted octanol–water partition coefficient (Wildman–Crippen LogP) is 4.56. The fourth-order valence-electron chi connectivity index (χ4n) is 2.72. The molecular formula is C19H24FIN4OS. The average molecular weight is 502 g/mol. The smallest absolute Gasteiger partial charge is 0.191 e. The van der Waals surface area contributed by atoms with E-state index < -0.39 is 0 Å². The first-order chi connectivity index (χ1) is 12.6. The van der Waals surface area contributed by atoms with E-state index in [1.807, 2.05) is 20.8 Å². The molecule has 0 atom stereocenters. The largest absolute Gasteiger partial charge is 0.459 e. The van der Waals surface area contributed by atoms with Crippen molar-refractivity contribution in [2.75, 3.05) is 13.1 Å². The molecule has 0 fully saturated rings. The molecule has 0 bridgehead atoms. The van der Waals surface area contributed by atoms with Gasteiger partial charge in [-0.2, -0.15) is 0 Å².